The summed E-state index contributed by atoms with van der Waals surface area (Å²) in [5, 5.41) is 7.88. The summed E-state index contributed by atoms with van der Waals surface area (Å²) in [7, 11) is 0.930. The highest BCUT2D eigenvalue weighted by atomic mass is 35.5. The standard InChI is InChI=1S/C12H12ClF2NO4/c1-20-10(18)9(16-7-17)11(19,12(13,14)15)8-5-3-2-4-6-8/h2-7,9,19H,1H3,(H,16,17). The molecule has 0 aromatic heterocycles. The second-order valence-corrected chi connectivity index (χ2v) is 4.35. The Kier molecular flexibility index (Phi) is 5.02. The van der Waals surface area contributed by atoms with Gasteiger partial charge in [0, 0.05) is 0 Å². The van der Waals surface area contributed by atoms with Crippen LogP contribution < -0.4 is 5.32 Å². The van der Waals surface area contributed by atoms with Gasteiger partial charge in [-0.1, -0.05) is 30.3 Å². The average molecular weight is 308 g/mol. The molecule has 110 valence electrons. The molecular formula is C12H12ClF2NO4. The van der Waals surface area contributed by atoms with Crippen LogP contribution in [-0.2, 0) is 19.9 Å². The van der Waals surface area contributed by atoms with Crippen LogP contribution in [0.2, 0.25) is 0 Å². The molecule has 1 aromatic carbocycles. The molecule has 0 spiro atoms. The van der Waals surface area contributed by atoms with Crippen LogP contribution in [0.25, 0.3) is 0 Å². The minimum atomic E-state index is -4.23. The van der Waals surface area contributed by atoms with Gasteiger partial charge in [0.2, 0.25) is 6.41 Å². The van der Waals surface area contributed by atoms with Crippen molar-refractivity contribution in [3.8, 4) is 0 Å². The normalized spacial score (nSPS) is 15.8. The maximum Gasteiger partial charge on any atom is 0.356 e. The van der Waals surface area contributed by atoms with Gasteiger partial charge in [0.1, 0.15) is 0 Å². The minimum Gasteiger partial charge on any atom is -0.467 e. The van der Waals surface area contributed by atoms with E-state index in [9.17, 15) is 23.5 Å². The van der Waals surface area contributed by atoms with Crippen molar-refractivity contribution in [2.45, 2.75) is 17.0 Å². The summed E-state index contributed by atoms with van der Waals surface area (Å²) in [6.45, 7) is 0. The van der Waals surface area contributed by atoms with Crippen molar-refractivity contribution in [2.75, 3.05) is 7.11 Å². The zero-order valence-corrected chi connectivity index (χ0v) is 11.1. The Bertz CT molecular complexity index is 480. The number of alkyl halides is 3. The molecule has 8 heteroatoms. The van der Waals surface area contributed by atoms with E-state index in [0.717, 1.165) is 19.2 Å². The van der Waals surface area contributed by atoms with E-state index < -0.39 is 23.0 Å². The van der Waals surface area contributed by atoms with Gasteiger partial charge in [0.15, 0.2) is 11.6 Å². The van der Waals surface area contributed by atoms with E-state index in [1.54, 1.807) is 0 Å². The largest absolute Gasteiger partial charge is 0.467 e. The van der Waals surface area contributed by atoms with Gasteiger partial charge >= 0.3 is 11.4 Å². The molecule has 1 aromatic rings. The van der Waals surface area contributed by atoms with E-state index in [0.29, 0.717) is 0 Å². The molecular weight excluding hydrogens is 296 g/mol. The molecule has 2 atom stereocenters. The molecule has 0 saturated heterocycles. The first kappa shape index (κ1) is 16.3. The molecule has 0 bridgehead atoms. The molecule has 0 radical (unpaired) electrons. The van der Waals surface area contributed by atoms with Gasteiger partial charge in [-0.25, -0.2) is 4.79 Å². The summed E-state index contributed by atoms with van der Waals surface area (Å²) in [5.74, 6) is -1.26. The highest BCUT2D eigenvalue weighted by Gasteiger charge is 2.60. The lowest BCUT2D eigenvalue weighted by molar-refractivity contribution is -0.179. The highest BCUT2D eigenvalue weighted by molar-refractivity contribution is 6.22. The van der Waals surface area contributed by atoms with Crippen LogP contribution >= 0.6 is 11.6 Å². The number of carbonyl (C=O) groups excluding carboxylic acids is 2. The zero-order valence-electron chi connectivity index (χ0n) is 10.3. The SMILES string of the molecule is COC(=O)C(NC=O)C(O)(c1ccccc1)C(F)(F)Cl. The van der Waals surface area contributed by atoms with Crippen LogP contribution in [0, 0.1) is 0 Å². The van der Waals surface area contributed by atoms with Gasteiger partial charge in [0.25, 0.3) is 0 Å². The average Bonchev–Trinajstić information content (AvgIpc) is 2.43. The number of esters is 1. The van der Waals surface area contributed by atoms with Crippen LogP contribution in [0.1, 0.15) is 5.56 Å². The number of hydrogen-bond acceptors (Lipinski definition) is 4. The van der Waals surface area contributed by atoms with E-state index in [4.69, 9.17) is 11.6 Å². The van der Waals surface area contributed by atoms with Crippen LogP contribution in [0.5, 0.6) is 0 Å². The summed E-state index contributed by atoms with van der Waals surface area (Å²) in [6.07, 6.45) is -0.00186. The van der Waals surface area contributed by atoms with Crippen LogP contribution in [0.3, 0.4) is 0 Å². The van der Waals surface area contributed by atoms with Gasteiger partial charge < -0.3 is 15.2 Å². The monoisotopic (exact) mass is 307 g/mol. The molecule has 0 heterocycles. The first-order valence-corrected chi connectivity index (χ1v) is 5.79. The number of rotatable bonds is 6. The van der Waals surface area contributed by atoms with Gasteiger partial charge in [-0.3, -0.25) is 4.79 Å². The first-order valence-electron chi connectivity index (χ1n) is 5.41. The Balaban J connectivity index is 3.44. The van der Waals surface area contributed by atoms with E-state index >= 15 is 0 Å². The smallest absolute Gasteiger partial charge is 0.356 e. The zero-order chi connectivity index (χ0) is 15.4. The predicted octanol–water partition coefficient (Wildman–Crippen LogP) is 0.993. The lowest BCUT2D eigenvalue weighted by Gasteiger charge is -2.37. The van der Waals surface area contributed by atoms with Crippen molar-refractivity contribution in [2.24, 2.45) is 0 Å². The van der Waals surface area contributed by atoms with Gasteiger partial charge in [0.05, 0.1) is 7.11 Å². The number of hydrogen-bond donors (Lipinski definition) is 2. The minimum absolute atomic E-state index is 0.00186. The van der Waals surface area contributed by atoms with Gasteiger partial charge in [-0.05, 0) is 17.2 Å². The van der Waals surface area contributed by atoms with Crippen molar-refractivity contribution >= 4 is 24.0 Å². The van der Waals surface area contributed by atoms with Crippen molar-refractivity contribution in [1.82, 2.24) is 5.32 Å². The fourth-order valence-electron chi connectivity index (χ4n) is 1.73. The van der Waals surface area contributed by atoms with Gasteiger partial charge in [-0.15, -0.1) is 0 Å². The quantitative estimate of drug-likeness (QED) is 0.467. The van der Waals surface area contributed by atoms with E-state index in [2.05, 4.69) is 4.74 Å². The summed E-state index contributed by atoms with van der Waals surface area (Å²) in [5.41, 5.74) is -3.51. The first-order chi connectivity index (χ1) is 9.29. The number of methoxy groups -OCH3 is 1. The maximum atomic E-state index is 13.7. The Morgan fingerprint density at radius 3 is 2.40 bits per heavy atom. The summed E-state index contributed by atoms with van der Waals surface area (Å²) >= 11 is 4.96. The Morgan fingerprint density at radius 2 is 2.00 bits per heavy atom. The summed E-state index contributed by atoms with van der Waals surface area (Å²) < 4.78 is 31.7. The van der Waals surface area contributed by atoms with Crippen LogP contribution in [-0.4, -0.2) is 36.0 Å². The lowest BCUT2D eigenvalue weighted by atomic mass is 9.86. The summed E-state index contributed by atoms with van der Waals surface area (Å²) in [6, 6.07) is 4.50. The van der Waals surface area contributed by atoms with E-state index in [1.165, 1.54) is 18.2 Å². The number of halogens is 3. The topological polar surface area (TPSA) is 75.6 Å². The van der Waals surface area contributed by atoms with Crippen LogP contribution in [0.4, 0.5) is 8.78 Å². The number of ether oxygens (including phenoxy) is 1. The third-order valence-electron chi connectivity index (χ3n) is 2.74. The predicted molar refractivity (Wildman–Crippen MR) is 66.1 cm³/mol. The third kappa shape index (κ3) is 2.88. The molecule has 2 unspecified atom stereocenters. The molecule has 1 amide bonds. The molecule has 1 rings (SSSR count). The molecule has 0 aliphatic rings. The Labute approximate surface area is 118 Å². The highest BCUT2D eigenvalue weighted by Crippen LogP contribution is 2.43. The second-order valence-electron chi connectivity index (χ2n) is 3.87. The van der Waals surface area contributed by atoms with Gasteiger partial charge in [-0.2, -0.15) is 8.78 Å². The molecule has 0 fully saturated rings. The number of benzene rings is 1. The third-order valence-corrected chi connectivity index (χ3v) is 3.02. The molecule has 2 N–H and O–H groups in total. The lowest BCUT2D eigenvalue weighted by Crippen LogP contribution is -2.60. The number of carbonyl (C=O) groups is 2. The number of amides is 1. The Hall–Kier alpha value is -1.73. The van der Waals surface area contributed by atoms with Crippen molar-refractivity contribution < 1.29 is 28.2 Å². The molecule has 20 heavy (non-hydrogen) atoms. The second kappa shape index (κ2) is 6.15. The fraction of sp³-hybridized carbons (Fsp3) is 0.333. The fourth-order valence-corrected chi connectivity index (χ4v) is 1.95. The van der Waals surface area contributed by atoms with Crippen molar-refractivity contribution in [3.05, 3.63) is 35.9 Å². The van der Waals surface area contributed by atoms with Crippen molar-refractivity contribution in [1.29, 1.82) is 0 Å². The van der Waals surface area contributed by atoms with E-state index in [-0.39, 0.29) is 12.0 Å². The van der Waals surface area contributed by atoms with Crippen molar-refractivity contribution in [3.63, 3.8) is 0 Å². The maximum absolute atomic E-state index is 13.7. The Morgan fingerprint density at radius 1 is 1.45 bits per heavy atom. The molecule has 0 saturated carbocycles. The molecule has 0 aliphatic heterocycles. The van der Waals surface area contributed by atoms with Crippen LogP contribution in [0.15, 0.2) is 30.3 Å². The number of aliphatic hydroxyl groups is 1. The summed E-state index contributed by atoms with van der Waals surface area (Å²) in [4.78, 5) is 22.1. The molecule has 5 nitrogen and oxygen atoms in total. The molecule has 0 aliphatic carbocycles. The number of nitrogens with one attached hydrogen (secondary N) is 1. The van der Waals surface area contributed by atoms with E-state index in [1.807, 2.05) is 5.32 Å².